The number of hydrogen-bond acceptors (Lipinski definition) is 5. The van der Waals surface area contributed by atoms with E-state index in [1.54, 1.807) is 11.0 Å². The van der Waals surface area contributed by atoms with Crippen LogP contribution in [-0.4, -0.2) is 47.0 Å². The van der Waals surface area contributed by atoms with Gasteiger partial charge in [-0.25, -0.2) is 9.59 Å². The SMILES string of the molecule is CC(C)(C)OC(=O)N(Cc1ccccc1N)c1ccc(OC2CCN(C(=O)O)CC2)cc1. The normalized spacial score (nSPS) is 14.7. The number of benzene rings is 2. The number of amides is 2. The summed E-state index contributed by atoms with van der Waals surface area (Å²) < 4.78 is 11.6. The number of hydrogen-bond donors (Lipinski definition) is 2. The summed E-state index contributed by atoms with van der Waals surface area (Å²) in [5.74, 6) is 0.672. The Morgan fingerprint density at radius 2 is 1.72 bits per heavy atom. The number of nitrogen functional groups attached to an aromatic ring is 1. The molecule has 8 heteroatoms. The lowest BCUT2D eigenvalue weighted by Gasteiger charge is -2.30. The molecule has 0 unspecified atom stereocenters. The van der Waals surface area contributed by atoms with E-state index in [1.165, 1.54) is 4.90 Å². The summed E-state index contributed by atoms with van der Waals surface area (Å²) in [4.78, 5) is 26.9. The van der Waals surface area contributed by atoms with Gasteiger partial charge in [0.05, 0.1) is 6.54 Å². The zero-order valence-electron chi connectivity index (χ0n) is 18.8. The van der Waals surface area contributed by atoms with E-state index in [0.717, 1.165) is 5.56 Å². The average molecular weight is 442 g/mol. The Morgan fingerprint density at radius 1 is 1.09 bits per heavy atom. The van der Waals surface area contributed by atoms with Gasteiger partial charge >= 0.3 is 12.2 Å². The minimum atomic E-state index is -0.894. The summed E-state index contributed by atoms with van der Waals surface area (Å²) in [5, 5.41) is 9.07. The summed E-state index contributed by atoms with van der Waals surface area (Å²) >= 11 is 0. The molecular formula is C24H31N3O5. The first kappa shape index (κ1) is 23.2. The highest BCUT2D eigenvalue weighted by Crippen LogP contribution is 2.27. The summed E-state index contributed by atoms with van der Waals surface area (Å²) in [7, 11) is 0. The zero-order chi connectivity index (χ0) is 23.3. The van der Waals surface area contributed by atoms with Crippen LogP contribution in [0.5, 0.6) is 5.75 Å². The molecule has 0 aliphatic carbocycles. The van der Waals surface area contributed by atoms with Crippen LogP contribution in [0.15, 0.2) is 48.5 Å². The molecule has 0 aromatic heterocycles. The summed E-state index contributed by atoms with van der Waals surface area (Å²) in [6, 6.07) is 14.7. The third-order valence-electron chi connectivity index (χ3n) is 5.16. The Labute approximate surface area is 188 Å². The van der Waals surface area contributed by atoms with E-state index in [2.05, 4.69) is 0 Å². The number of carbonyl (C=O) groups is 2. The lowest BCUT2D eigenvalue weighted by atomic mass is 10.1. The number of piperidine rings is 1. The molecule has 0 atom stereocenters. The number of para-hydroxylation sites is 1. The van der Waals surface area contributed by atoms with Gasteiger partial charge in [-0.1, -0.05) is 18.2 Å². The molecule has 2 amide bonds. The predicted octanol–water partition coefficient (Wildman–Crippen LogP) is 4.73. The van der Waals surface area contributed by atoms with Crippen molar-refractivity contribution in [1.29, 1.82) is 0 Å². The number of nitrogens with zero attached hydrogens (tertiary/aromatic N) is 2. The van der Waals surface area contributed by atoms with E-state index in [-0.39, 0.29) is 12.6 Å². The van der Waals surface area contributed by atoms with Gasteiger partial charge in [0.25, 0.3) is 0 Å². The molecular weight excluding hydrogens is 410 g/mol. The molecule has 0 bridgehead atoms. The van der Waals surface area contributed by atoms with Crippen molar-refractivity contribution < 1.29 is 24.2 Å². The molecule has 1 aliphatic rings. The van der Waals surface area contributed by atoms with E-state index in [0.29, 0.717) is 43.1 Å². The van der Waals surface area contributed by atoms with Crippen LogP contribution in [0, 0.1) is 0 Å². The number of ether oxygens (including phenoxy) is 2. The molecule has 172 valence electrons. The van der Waals surface area contributed by atoms with E-state index < -0.39 is 17.8 Å². The van der Waals surface area contributed by atoms with Crippen molar-refractivity contribution in [2.75, 3.05) is 23.7 Å². The van der Waals surface area contributed by atoms with Crippen molar-refractivity contribution >= 4 is 23.6 Å². The molecule has 1 fully saturated rings. The monoisotopic (exact) mass is 441 g/mol. The van der Waals surface area contributed by atoms with E-state index in [4.69, 9.17) is 20.3 Å². The second kappa shape index (κ2) is 9.80. The second-order valence-corrected chi connectivity index (χ2v) is 8.85. The number of carboxylic acid groups (broad SMARTS) is 1. The van der Waals surface area contributed by atoms with Gasteiger partial charge in [0.15, 0.2) is 0 Å². The third kappa shape index (κ3) is 6.29. The molecule has 0 saturated carbocycles. The third-order valence-corrected chi connectivity index (χ3v) is 5.16. The first-order chi connectivity index (χ1) is 15.1. The van der Waals surface area contributed by atoms with Gasteiger partial charge in [-0.15, -0.1) is 0 Å². The van der Waals surface area contributed by atoms with Crippen molar-refractivity contribution in [2.45, 2.75) is 51.9 Å². The lowest BCUT2D eigenvalue weighted by molar-refractivity contribution is 0.0577. The van der Waals surface area contributed by atoms with E-state index >= 15 is 0 Å². The Kier molecular flexibility index (Phi) is 7.12. The largest absolute Gasteiger partial charge is 0.490 e. The molecule has 8 nitrogen and oxygen atoms in total. The highest BCUT2D eigenvalue weighted by molar-refractivity contribution is 5.88. The molecule has 1 aliphatic heterocycles. The molecule has 3 N–H and O–H groups in total. The maximum absolute atomic E-state index is 12.9. The minimum Gasteiger partial charge on any atom is -0.490 e. The molecule has 0 radical (unpaired) electrons. The van der Waals surface area contributed by atoms with Crippen molar-refractivity contribution in [3.05, 3.63) is 54.1 Å². The van der Waals surface area contributed by atoms with Gasteiger partial charge in [0, 0.05) is 37.3 Å². The Balaban J connectivity index is 1.73. The fourth-order valence-corrected chi connectivity index (χ4v) is 3.49. The van der Waals surface area contributed by atoms with Gasteiger partial charge in [-0.2, -0.15) is 0 Å². The van der Waals surface area contributed by atoms with Crippen molar-refractivity contribution in [1.82, 2.24) is 4.90 Å². The summed E-state index contributed by atoms with van der Waals surface area (Å²) in [5.41, 5.74) is 7.55. The van der Waals surface area contributed by atoms with Crippen molar-refractivity contribution in [2.24, 2.45) is 0 Å². The van der Waals surface area contributed by atoms with Crippen LogP contribution in [0.2, 0.25) is 0 Å². The fourth-order valence-electron chi connectivity index (χ4n) is 3.49. The van der Waals surface area contributed by atoms with Crippen LogP contribution >= 0.6 is 0 Å². The highest BCUT2D eigenvalue weighted by atomic mass is 16.6. The Bertz CT molecular complexity index is 931. The average Bonchev–Trinajstić information content (AvgIpc) is 2.73. The van der Waals surface area contributed by atoms with Crippen LogP contribution in [0.4, 0.5) is 21.0 Å². The molecule has 32 heavy (non-hydrogen) atoms. The predicted molar refractivity (Wildman–Crippen MR) is 123 cm³/mol. The number of rotatable bonds is 5. The second-order valence-electron chi connectivity index (χ2n) is 8.85. The fraction of sp³-hybridized carbons (Fsp3) is 0.417. The minimum absolute atomic E-state index is 0.0393. The maximum Gasteiger partial charge on any atom is 0.415 e. The van der Waals surface area contributed by atoms with Gasteiger partial charge in [-0.3, -0.25) is 4.90 Å². The van der Waals surface area contributed by atoms with Gasteiger partial charge < -0.3 is 25.2 Å². The van der Waals surface area contributed by atoms with E-state index in [9.17, 15) is 9.59 Å². The van der Waals surface area contributed by atoms with E-state index in [1.807, 2.05) is 63.2 Å². The Morgan fingerprint density at radius 3 is 2.28 bits per heavy atom. The van der Waals surface area contributed by atoms with Gasteiger partial charge in [0.2, 0.25) is 0 Å². The maximum atomic E-state index is 12.9. The Hall–Kier alpha value is -3.42. The van der Waals surface area contributed by atoms with Crippen molar-refractivity contribution in [3.63, 3.8) is 0 Å². The number of carbonyl (C=O) groups excluding carboxylic acids is 1. The highest BCUT2D eigenvalue weighted by Gasteiger charge is 2.25. The molecule has 1 heterocycles. The smallest absolute Gasteiger partial charge is 0.415 e. The molecule has 1 saturated heterocycles. The lowest BCUT2D eigenvalue weighted by Crippen LogP contribution is -2.41. The van der Waals surface area contributed by atoms with Crippen LogP contribution in [0.3, 0.4) is 0 Å². The molecule has 2 aromatic rings. The number of nitrogens with two attached hydrogens (primary N) is 1. The zero-order valence-corrected chi connectivity index (χ0v) is 18.8. The number of likely N-dealkylation sites (tertiary alicyclic amines) is 1. The molecule has 3 rings (SSSR count). The topological polar surface area (TPSA) is 105 Å². The standard InChI is InChI=1S/C24H31N3O5/c1-24(2,3)32-23(30)27(16-17-6-4-5-7-21(17)25)18-8-10-19(11-9-18)31-20-12-14-26(15-13-20)22(28)29/h4-11,20H,12-16,25H2,1-3H3,(H,28,29). The number of anilines is 2. The van der Waals surface area contributed by atoms with Gasteiger partial charge in [0.1, 0.15) is 17.5 Å². The van der Waals surface area contributed by atoms with Gasteiger partial charge in [-0.05, 0) is 56.7 Å². The quantitative estimate of drug-likeness (QED) is 0.650. The van der Waals surface area contributed by atoms with Crippen molar-refractivity contribution in [3.8, 4) is 5.75 Å². The molecule has 0 spiro atoms. The van der Waals surface area contributed by atoms with Crippen LogP contribution in [0.1, 0.15) is 39.2 Å². The first-order valence-corrected chi connectivity index (χ1v) is 10.7. The molecule has 2 aromatic carbocycles. The van der Waals surface area contributed by atoms with Crippen LogP contribution in [-0.2, 0) is 11.3 Å². The van der Waals surface area contributed by atoms with Crippen LogP contribution in [0.25, 0.3) is 0 Å². The first-order valence-electron chi connectivity index (χ1n) is 10.7. The summed E-state index contributed by atoms with van der Waals surface area (Å²) in [6.07, 6.45) is -0.108. The van der Waals surface area contributed by atoms with Crippen LogP contribution < -0.4 is 15.4 Å². The summed E-state index contributed by atoms with van der Waals surface area (Å²) in [6.45, 7) is 6.67.